The Morgan fingerprint density at radius 3 is 2.95 bits per heavy atom. The van der Waals surface area contributed by atoms with Crippen molar-refractivity contribution in [3.63, 3.8) is 0 Å². The summed E-state index contributed by atoms with van der Waals surface area (Å²) in [6.45, 7) is 6.79. The third-order valence-electron chi connectivity index (χ3n) is 2.90. The van der Waals surface area contributed by atoms with Gasteiger partial charge in [-0.1, -0.05) is 22.0 Å². The van der Waals surface area contributed by atoms with Crippen molar-refractivity contribution in [1.29, 1.82) is 0 Å². The Labute approximate surface area is 124 Å². The minimum Gasteiger partial charge on any atom is -0.397 e. The molecular weight excluding hydrogens is 324 g/mol. The van der Waals surface area contributed by atoms with Gasteiger partial charge in [-0.15, -0.1) is 17.9 Å². The highest BCUT2D eigenvalue weighted by Gasteiger charge is 2.20. The topological polar surface area (TPSA) is 46.3 Å². The summed E-state index contributed by atoms with van der Waals surface area (Å²) in [4.78, 5) is 14.8. The number of carbonyl (C=O) groups excluding carboxylic acids is 1. The predicted octanol–water partition coefficient (Wildman–Crippen LogP) is 3.89. The van der Waals surface area contributed by atoms with E-state index in [9.17, 15) is 4.79 Å². The molecule has 19 heavy (non-hydrogen) atoms. The number of likely N-dealkylation sites (N-methyl/N-ethyl adjacent to an activating group) is 1. The molecule has 5 heteroatoms. The first-order valence-corrected chi connectivity index (χ1v) is 7.57. The number of benzene rings is 1. The smallest absolute Gasteiger partial charge is 0.266 e. The quantitative estimate of drug-likeness (QED) is 0.859. The van der Waals surface area contributed by atoms with E-state index in [1.165, 1.54) is 11.3 Å². The van der Waals surface area contributed by atoms with E-state index in [1.807, 2.05) is 25.1 Å². The lowest BCUT2D eigenvalue weighted by Gasteiger charge is -2.18. The summed E-state index contributed by atoms with van der Waals surface area (Å²) >= 11 is 4.86. The Balaban J connectivity index is 2.47. The van der Waals surface area contributed by atoms with Gasteiger partial charge in [-0.05, 0) is 25.1 Å². The van der Waals surface area contributed by atoms with Crippen molar-refractivity contribution in [3.8, 4) is 0 Å². The lowest BCUT2D eigenvalue weighted by Crippen LogP contribution is -2.30. The standard InChI is InChI=1S/C14H15BrN2OS/c1-3-7-17(4-2)14(18)13-12(16)10-8-9(15)5-6-11(10)19-13/h3,5-6,8H,1,4,7,16H2,2H3. The van der Waals surface area contributed by atoms with Crippen LogP contribution in [-0.2, 0) is 0 Å². The highest BCUT2D eigenvalue weighted by molar-refractivity contribution is 9.10. The van der Waals surface area contributed by atoms with Gasteiger partial charge < -0.3 is 10.6 Å². The van der Waals surface area contributed by atoms with Gasteiger partial charge >= 0.3 is 0 Å². The zero-order chi connectivity index (χ0) is 14.0. The lowest BCUT2D eigenvalue weighted by atomic mass is 10.2. The van der Waals surface area contributed by atoms with E-state index < -0.39 is 0 Å². The molecule has 0 atom stereocenters. The molecule has 0 aliphatic carbocycles. The van der Waals surface area contributed by atoms with E-state index in [4.69, 9.17) is 5.73 Å². The number of carbonyl (C=O) groups is 1. The van der Waals surface area contributed by atoms with Gasteiger partial charge in [0, 0.05) is 27.6 Å². The van der Waals surface area contributed by atoms with Gasteiger partial charge in [0.05, 0.1) is 5.69 Å². The fourth-order valence-electron chi connectivity index (χ4n) is 1.90. The van der Waals surface area contributed by atoms with Crippen molar-refractivity contribution < 1.29 is 4.79 Å². The van der Waals surface area contributed by atoms with Gasteiger partial charge in [-0.3, -0.25) is 4.79 Å². The van der Waals surface area contributed by atoms with Crippen molar-refractivity contribution >= 4 is 48.9 Å². The van der Waals surface area contributed by atoms with Crippen LogP contribution in [0.4, 0.5) is 5.69 Å². The third kappa shape index (κ3) is 2.67. The van der Waals surface area contributed by atoms with Gasteiger partial charge in [0.1, 0.15) is 4.88 Å². The number of nitrogens with zero attached hydrogens (tertiary/aromatic N) is 1. The van der Waals surface area contributed by atoms with Crippen LogP contribution in [0.25, 0.3) is 10.1 Å². The largest absolute Gasteiger partial charge is 0.397 e. The molecule has 0 radical (unpaired) electrons. The average molecular weight is 339 g/mol. The third-order valence-corrected chi connectivity index (χ3v) is 4.57. The van der Waals surface area contributed by atoms with Crippen molar-refractivity contribution in [2.24, 2.45) is 0 Å². The van der Waals surface area contributed by atoms with Gasteiger partial charge in [0.15, 0.2) is 0 Å². The van der Waals surface area contributed by atoms with Crippen LogP contribution in [0.1, 0.15) is 16.6 Å². The molecule has 2 aromatic rings. The van der Waals surface area contributed by atoms with Crippen LogP contribution in [0, 0.1) is 0 Å². The molecule has 0 unspecified atom stereocenters. The SMILES string of the molecule is C=CCN(CC)C(=O)c1sc2ccc(Br)cc2c1N. The van der Waals surface area contributed by atoms with E-state index >= 15 is 0 Å². The van der Waals surface area contributed by atoms with Crippen LogP contribution < -0.4 is 5.73 Å². The number of thiophene rings is 1. The van der Waals surface area contributed by atoms with Crippen LogP contribution in [-0.4, -0.2) is 23.9 Å². The summed E-state index contributed by atoms with van der Waals surface area (Å²) in [5.74, 6) is -0.0303. The van der Waals surface area contributed by atoms with E-state index in [0.29, 0.717) is 23.7 Å². The van der Waals surface area contributed by atoms with Crippen LogP contribution in [0.15, 0.2) is 35.3 Å². The van der Waals surface area contributed by atoms with E-state index in [1.54, 1.807) is 11.0 Å². The number of amides is 1. The first kappa shape index (κ1) is 14.1. The molecule has 0 aliphatic heterocycles. The highest BCUT2D eigenvalue weighted by atomic mass is 79.9. The molecular formula is C14H15BrN2OS. The Kier molecular flexibility index (Phi) is 4.27. The van der Waals surface area contributed by atoms with E-state index in [0.717, 1.165) is 14.6 Å². The van der Waals surface area contributed by atoms with Crippen molar-refractivity contribution in [3.05, 3.63) is 40.2 Å². The maximum absolute atomic E-state index is 12.4. The summed E-state index contributed by atoms with van der Waals surface area (Å²) in [5, 5.41) is 0.928. The average Bonchev–Trinajstić information content (AvgIpc) is 2.72. The fraction of sp³-hybridized carbons (Fsp3) is 0.214. The van der Waals surface area contributed by atoms with Crippen LogP contribution in [0.3, 0.4) is 0 Å². The molecule has 1 aromatic carbocycles. The maximum Gasteiger partial charge on any atom is 0.266 e. The minimum absolute atomic E-state index is 0.0303. The zero-order valence-corrected chi connectivity index (χ0v) is 13.1. The number of halogens is 1. The Morgan fingerprint density at radius 2 is 2.32 bits per heavy atom. The van der Waals surface area contributed by atoms with E-state index in [-0.39, 0.29) is 5.91 Å². The highest BCUT2D eigenvalue weighted by Crippen LogP contribution is 2.35. The molecule has 1 heterocycles. The lowest BCUT2D eigenvalue weighted by molar-refractivity contribution is 0.0788. The molecule has 1 amide bonds. The molecule has 0 saturated carbocycles. The first-order chi connectivity index (χ1) is 9.08. The number of nitrogens with two attached hydrogens (primary N) is 1. The molecule has 0 spiro atoms. The molecule has 0 saturated heterocycles. The number of rotatable bonds is 4. The molecule has 100 valence electrons. The normalized spacial score (nSPS) is 10.6. The molecule has 2 N–H and O–H groups in total. The number of hydrogen-bond donors (Lipinski definition) is 1. The molecule has 2 rings (SSSR count). The molecule has 0 fully saturated rings. The number of anilines is 1. The van der Waals surface area contributed by atoms with Crippen LogP contribution in [0.5, 0.6) is 0 Å². The molecule has 0 bridgehead atoms. The van der Waals surface area contributed by atoms with Gasteiger partial charge in [-0.2, -0.15) is 0 Å². The summed E-state index contributed by atoms with van der Waals surface area (Å²) in [5.41, 5.74) is 6.68. The number of fused-ring (bicyclic) bond motifs is 1. The molecule has 3 nitrogen and oxygen atoms in total. The Morgan fingerprint density at radius 1 is 1.58 bits per heavy atom. The zero-order valence-electron chi connectivity index (χ0n) is 10.6. The van der Waals surface area contributed by atoms with Gasteiger partial charge in [-0.25, -0.2) is 0 Å². The van der Waals surface area contributed by atoms with Gasteiger partial charge in [0.2, 0.25) is 0 Å². The minimum atomic E-state index is -0.0303. The monoisotopic (exact) mass is 338 g/mol. The fourth-order valence-corrected chi connectivity index (χ4v) is 3.34. The van der Waals surface area contributed by atoms with E-state index in [2.05, 4.69) is 22.5 Å². The van der Waals surface area contributed by atoms with Gasteiger partial charge in [0.25, 0.3) is 5.91 Å². The second kappa shape index (κ2) is 5.75. The summed E-state index contributed by atoms with van der Waals surface area (Å²) in [7, 11) is 0. The summed E-state index contributed by atoms with van der Waals surface area (Å²) in [6.07, 6.45) is 1.72. The number of nitrogen functional groups attached to an aromatic ring is 1. The van der Waals surface area contributed by atoms with Crippen molar-refractivity contribution in [1.82, 2.24) is 4.90 Å². The molecule has 0 aliphatic rings. The van der Waals surface area contributed by atoms with Crippen molar-refractivity contribution in [2.45, 2.75) is 6.92 Å². The molecule has 1 aromatic heterocycles. The second-order valence-corrected chi connectivity index (χ2v) is 6.09. The first-order valence-electron chi connectivity index (χ1n) is 5.96. The summed E-state index contributed by atoms with van der Waals surface area (Å²) in [6, 6.07) is 5.87. The van der Waals surface area contributed by atoms with Crippen molar-refractivity contribution in [2.75, 3.05) is 18.8 Å². The predicted molar refractivity (Wildman–Crippen MR) is 85.7 cm³/mol. The summed E-state index contributed by atoms with van der Waals surface area (Å²) < 4.78 is 1.99. The van der Waals surface area contributed by atoms with Crippen LogP contribution in [0.2, 0.25) is 0 Å². The Bertz CT molecular complexity index is 636. The Hall–Kier alpha value is -1.33. The van der Waals surface area contributed by atoms with Crippen LogP contribution >= 0.6 is 27.3 Å². The second-order valence-electron chi connectivity index (χ2n) is 4.12. The maximum atomic E-state index is 12.4. The number of hydrogen-bond acceptors (Lipinski definition) is 3.